The standard InChI is InChI=1S/C43H69IN6O12/c1-39(2,3)58-31(51)22-21-30(34(54)60-41(7,8)9)48-36(55)47-29(33(53)59-40(4,5)6)18-16-17-23-46-32(52)26-19-20-27(28(44)24-26)25-50(38(57)62-43(13,14)15)35(45)49-37(56)61-42(10,11)12/h19-20,24,29-30H,16-18,21-23,25H2,1-15H3,(H,46,52)(H2,45,49,56)(H2,47,48,55)/t29-,30-/m0/s1. The summed E-state index contributed by atoms with van der Waals surface area (Å²) >= 11 is 2.01. The van der Waals surface area contributed by atoms with Gasteiger partial charge >= 0.3 is 36.1 Å². The largest absolute Gasteiger partial charge is 0.460 e. The Morgan fingerprint density at radius 1 is 0.661 bits per heavy atom. The van der Waals surface area contributed by atoms with Gasteiger partial charge in [-0.05, 0) is 170 Å². The minimum atomic E-state index is -1.23. The van der Waals surface area contributed by atoms with Crippen LogP contribution in [-0.2, 0) is 44.6 Å². The molecule has 0 aromatic heterocycles. The third kappa shape index (κ3) is 24.1. The van der Waals surface area contributed by atoms with Crippen molar-refractivity contribution in [3.63, 3.8) is 0 Å². The Balaban J connectivity index is 3.03. The van der Waals surface area contributed by atoms with Crippen molar-refractivity contribution in [2.75, 3.05) is 6.54 Å². The molecule has 1 rings (SSSR count). The number of urea groups is 1. The van der Waals surface area contributed by atoms with Crippen molar-refractivity contribution in [3.05, 3.63) is 32.9 Å². The molecule has 5 N–H and O–H groups in total. The highest BCUT2D eigenvalue weighted by Gasteiger charge is 2.32. The van der Waals surface area contributed by atoms with Crippen LogP contribution in [-0.4, -0.2) is 99.5 Å². The number of carbonyl (C=O) groups is 7. The normalized spacial score (nSPS) is 13.0. The van der Waals surface area contributed by atoms with E-state index in [-0.39, 0.29) is 32.4 Å². The summed E-state index contributed by atoms with van der Waals surface area (Å²) in [6.07, 6.45) is -1.17. The number of unbranched alkanes of at least 4 members (excludes halogenated alkanes) is 1. The van der Waals surface area contributed by atoms with E-state index in [1.54, 1.807) is 122 Å². The fraction of sp³-hybridized carbons (Fsp3) is 0.674. The van der Waals surface area contributed by atoms with Gasteiger partial charge in [0.25, 0.3) is 5.91 Å². The molecule has 1 aromatic carbocycles. The number of carbonyl (C=O) groups excluding carboxylic acids is 7. The molecule has 0 radical (unpaired) electrons. The SMILES string of the molecule is CC(C)(C)OC(=O)CC[C@H](NC(=O)N[C@@H](CCCCNC(=O)c1ccc(CN(C(=N)NC(=O)OC(C)(C)C)C(=O)OC(C)(C)C)c(I)c1)C(=O)OC(C)(C)C)C(=O)OC(C)(C)C. The first-order valence-electron chi connectivity index (χ1n) is 20.4. The highest BCUT2D eigenvalue weighted by atomic mass is 127. The number of halogens is 1. The van der Waals surface area contributed by atoms with Gasteiger partial charge in [-0.25, -0.2) is 28.9 Å². The summed E-state index contributed by atoms with van der Waals surface area (Å²) in [6, 6.07) is 1.60. The summed E-state index contributed by atoms with van der Waals surface area (Å²) in [5.74, 6) is -2.97. The number of esters is 3. The molecule has 19 heteroatoms. The molecule has 62 heavy (non-hydrogen) atoms. The molecule has 2 atom stereocenters. The molecule has 0 aliphatic carbocycles. The molecular weight excluding hydrogens is 919 g/mol. The Kier molecular flexibility index (Phi) is 20.6. The molecule has 350 valence electrons. The van der Waals surface area contributed by atoms with Gasteiger partial charge in [0, 0.05) is 22.1 Å². The van der Waals surface area contributed by atoms with Gasteiger partial charge in [-0.2, -0.15) is 0 Å². The third-order valence-electron chi connectivity index (χ3n) is 7.40. The number of alkyl carbamates (subject to hydrolysis) is 1. The summed E-state index contributed by atoms with van der Waals surface area (Å²) in [5, 5.41) is 18.7. The fourth-order valence-corrected chi connectivity index (χ4v) is 5.73. The molecule has 0 heterocycles. The minimum Gasteiger partial charge on any atom is -0.460 e. The van der Waals surface area contributed by atoms with Crippen molar-refractivity contribution < 1.29 is 57.2 Å². The second-order valence-electron chi connectivity index (χ2n) is 19.5. The van der Waals surface area contributed by atoms with E-state index in [0.29, 0.717) is 27.5 Å². The fourth-order valence-electron chi connectivity index (χ4n) is 5.04. The van der Waals surface area contributed by atoms with Crippen LogP contribution in [0.25, 0.3) is 0 Å². The van der Waals surface area contributed by atoms with Crippen LogP contribution in [0.2, 0.25) is 0 Å². The maximum absolute atomic E-state index is 13.3. The average molecular weight is 989 g/mol. The molecule has 0 spiro atoms. The molecule has 0 saturated heterocycles. The van der Waals surface area contributed by atoms with Crippen LogP contribution in [0.4, 0.5) is 14.4 Å². The molecule has 18 nitrogen and oxygen atoms in total. The molecular formula is C43H69IN6O12. The van der Waals surface area contributed by atoms with Crippen LogP contribution in [0, 0.1) is 8.98 Å². The predicted molar refractivity (Wildman–Crippen MR) is 240 cm³/mol. The first kappa shape index (κ1) is 55.3. The minimum absolute atomic E-state index is 0.113. The van der Waals surface area contributed by atoms with Crippen molar-refractivity contribution >= 4 is 70.6 Å². The topological polar surface area (TPSA) is 241 Å². The Morgan fingerprint density at radius 2 is 1.15 bits per heavy atom. The lowest BCUT2D eigenvalue weighted by Gasteiger charge is -2.28. The number of nitrogens with one attached hydrogen (secondary N) is 5. The van der Waals surface area contributed by atoms with Crippen LogP contribution in [0.1, 0.15) is 152 Å². The first-order chi connectivity index (χ1) is 28.0. The summed E-state index contributed by atoms with van der Waals surface area (Å²) in [4.78, 5) is 91.6. The average Bonchev–Trinajstić information content (AvgIpc) is 3.04. The van der Waals surface area contributed by atoms with Crippen LogP contribution < -0.4 is 21.3 Å². The molecule has 5 amide bonds. The van der Waals surface area contributed by atoms with Crippen molar-refractivity contribution in [2.24, 2.45) is 0 Å². The number of rotatable bonds is 15. The molecule has 0 bridgehead atoms. The molecule has 1 aromatic rings. The van der Waals surface area contributed by atoms with E-state index in [2.05, 4.69) is 21.3 Å². The smallest absolute Gasteiger partial charge is 0.417 e. The summed E-state index contributed by atoms with van der Waals surface area (Å²) in [5.41, 5.74) is -3.34. The maximum atomic E-state index is 13.3. The van der Waals surface area contributed by atoms with E-state index < -0.39 is 88.1 Å². The van der Waals surface area contributed by atoms with Gasteiger partial charge in [0.1, 0.15) is 40.1 Å². The van der Waals surface area contributed by atoms with Crippen LogP contribution in [0.15, 0.2) is 18.2 Å². The zero-order valence-corrected chi connectivity index (χ0v) is 41.2. The van der Waals surface area contributed by atoms with Gasteiger partial charge < -0.3 is 39.6 Å². The van der Waals surface area contributed by atoms with Gasteiger partial charge in [0.05, 0.1) is 6.54 Å². The lowest BCUT2D eigenvalue weighted by Crippen LogP contribution is -2.53. The number of ether oxygens (including phenoxy) is 5. The number of hydrogen-bond acceptors (Lipinski definition) is 13. The van der Waals surface area contributed by atoms with E-state index in [4.69, 9.17) is 29.1 Å². The van der Waals surface area contributed by atoms with Crippen LogP contribution in [0.3, 0.4) is 0 Å². The number of benzene rings is 1. The molecule has 0 unspecified atom stereocenters. The van der Waals surface area contributed by atoms with Crippen molar-refractivity contribution in [1.82, 2.24) is 26.2 Å². The van der Waals surface area contributed by atoms with E-state index in [1.165, 1.54) is 0 Å². The number of hydrogen-bond donors (Lipinski definition) is 5. The Hall–Kier alpha value is -4.69. The van der Waals surface area contributed by atoms with Gasteiger partial charge in [-0.3, -0.25) is 20.3 Å². The lowest BCUT2D eigenvalue weighted by atomic mass is 10.1. The Labute approximate surface area is 380 Å². The van der Waals surface area contributed by atoms with E-state index in [0.717, 1.165) is 4.90 Å². The Morgan fingerprint density at radius 3 is 1.61 bits per heavy atom. The molecule has 0 aliphatic rings. The highest BCUT2D eigenvalue weighted by Crippen LogP contribution is 2.20. The quantitative estimate of drug-likeness (QED) is 0.0292. The Bertz CT molecular complexity index is 1770. The second-order valence-corrected chi connectivity index (χ2v) is 20.7. The van der Waals surface area contributed by atoms with Crippen molar-refractivity contribution in [3.8, 4) is 0 Å². The van der Waals surface area contributed by atoms with Crippen molar-refractivity contribution in [1.29, 1.82) is 5.41 Å². The van der Waals surface area contributed by atoms with E-state index in [9.17, 15) is 33.6 Å². The monoisotopic (exact) mass is 988 g/mol. The molecule has 0 aliphatic heterocycles. The second kappa shape index (κ2) is 23.1. The summed E-state index contributed by atoms with van der Waals surface area (Å²) < 4.78 is 27.7. The summed E-state index contributed by atoms with van der Waals surface area (Å²) in [7, 11) is 0. The highest BCUT2D eigenvalue weighted by molar-refractivity contribution is 14.1. The zero-order valence-electron chi connectivity index (χ0n) is 39.1. The van der Waals surface area contributed by atoms with Gasteiger partial charge in [-0.1, -0.05) is 6.07 Å². The number of amides is 5. The van der Waals surface area contributed by atoms with E-state index >= 15 is 0 Å². The first-order valence-corrected chi connectivity index (χ1v) is 21.5. The van der Waals surface area contributed by atoms with Gasteiger partial charge in [-0.15, -0.1) is 0 Å². The predicted octanol–water partition coefficient (Wildman–Crippen LogP) is 7.23. The van der Waals surface area contributed by atoms with E-state index in [1.807, 2.05) is 22.6 Å². The maximum Gasteiger partial charge on any atom is 0.417 e. The number of guanidine groups is 1. The lowest BCUT2D eigenvalue weighted by molar-refractivity contribution is -0.159. The van der Waals surface area contributed by atoms with Gasteiger partial charge in [0.15, 0.2) is 0 Å². The third-order valence-corrected chi connectivity index (χ3v) is 8.41. The van der Waals surface area contributed by atoms with Crippen LogP contribution >= 0.6 is 22.6 Å². The molecule has 0 saturated carbocycles. The zero-order chi connectivity index (χ0) is 48.0. The van der Waals surface area contributed by atoms with Crippen molar-refractivity contribution in [2.45, 2.75) is 183 Å². The van der Waals surface area contributed by atoms with Gasteiger partial charge in [0.2, 0.25) is 5.96 Å². The van der Waals surface area contributed by atoms with Crippen LogP contribution in [0.5, 0.6) is 0 Å². The molecule has 0 fully saturated rings. The number of nitrogens with zero attached hydrogens (tertiary/aromatic N) is 1. The summed E-state index contributed by atoms with van der Waals surface area (Å²) in [6.45, 7) is 25.3.